The number of ether oxygens (including phenoxy) is 1. The van der Waals surface area contributed by atoms with E-state index in [9.17, 15) is 4.39 Å². The van der Waals surface area contributed by atoms with Crippen molar-refractivity contribution in [3.8, 4) is 5.75 Å². The minimum atomic E-state index is -0.229. The normalized spacial score (nSPS) is 18.7. The quantitative estimate of drug-likeness (QED) is 0.907. The number of fused-ring (bicyclic) bond motifs is 1. The molecule has 1 aliphatic rings. The first kappa shape index (κ1) is 14.5. The van der Waals surface area contributed by atoms with Crippen LogP contribution in [0.5, 0.6) is 5.75 Å². The molecule has 21 heavy (non-hydrogen) atoms. The summed E-state index contributed by atoms with van der Waals surface area (Å²) < 4.78 is 20.0. The van der Waals surface area contributed by atoms with Crippen LogP contribution in [0.3, 0.4) is 0 Å². The fourth-order valence-corrected chi connectivity index (χ4v) is 3.32. The average Bonchev–Trinajstić information content (AvgIpc) is 2.50. The number of hydrogen-bond donors (Lipinski definition) is 1. The lowest BCUT2D eigenvalue weighted by Gasteiger charge is -2.30. The first-order valence-corrected chi connectivity index (χ1v) is 7.85. The molecule has 0 bridgehead atoms. The molecule has 0 saturated heterocycles. The van der Waals surface area contributed by atoms with Gasteiger partial charge in [-0.2, -0.15) is 0 Å². The summed E-state index contributed by atoms with van der Waals surface area (Å²) in [7, 11) is 0. The Balaban J connectivity index is 1.83. The van der Waals surface area contributed by atoms with Gasteiger partial charge in [0.05, 0.1) is 6.61 Å². The van der Waals surface area contributed by atoms with Crippen molar-refractivity contribution >= 4 is 15.9 Å². The van der Waals surface area contributed by atoms with Crippen LogP contribution in [0.4, 0.5) is 4.39 Å². The van der Waals surface area contributed by atoms with Crippen LogP contribution < -0.4 is 10.5 Å². The zero-order chi connectivity index (χ0) is 14.8. The molecule has 2 atom stereocenters. The van der Waals surface area contributed by atoms with Gasteiger partial charge in [0.15, 0.2) is 0 Å². The van der Waals surface area contributed by atoms with Crippen molar-refractivity contribution in [3.05, 3.63) is 63.9 Å². The Bertz CT molecular complexity index is 646. The van der Waals surface area contributed by atoms with Crippen LogP contribution in [0.15, 0.2) is 46.9 Å². The molecular formula is C17H17BrFNO. The number of para-hydroxylation sites is 1. The molecule has 2 aromatic carbocycles. The monoisotopic (exact) mass is 349 g/mol. The lowest BCUT2D eigenvalue weighted by Crippen LogP contribution is -2.34. The topological polar surface area (TPSA) is 35.2 Å². The summed E-state index contributed by atoms with van der Waals surface area (Å²) >= 11 is 3.47. The Morgan fingerprint density at radius 1 is 1.29 bits per heavy atom. The number of nitrogens with two attached hydrogens (primary N) is 1. The summed E-state index contributed by atoms with van der Waals surface area (Å²) in [5.74, 6) is 0.931. The number of benzene rings is 2. The van der Waals surface area contributed by atoms with Gasteiger partial charge in [0.25, 0.3) is 0 Å². The molecule has 3 rings (SSSR count). The van der Waals surface area contributed by atoms with Crippen molar-refractivity contribution in [1.82, 2.24) is 0 Å². The standard InChI is InChI=1S/C17H17BrFNO/c18-15-6-5-12(19)9-11(15)10-16(20)13-7-8-21-17-4-2-1-3-14(13)17/h1-6,9,13,16H,7-8,10,20H2. The number of halogens is 2. The second kappa shape index (κ2) is 6.16. The lowest BCUT2D eigenvalue weighted by molar-refractivity contribution is 0.254. The van der Waals surface area contributed by atoms with E-state index in [1.807, 2.05) is 18.2 Å². The van der Waals surface area contributed by atoms with Gasteiger partial charge in [-0.15, -0.1) is 0 Å². The summed E-state index contributed by atoms with van der Waals surface area (Å²) in [4.78, 5) is 0. The maximum atomic E-state index is 13.4. The molecule has 0 spiro atoms. The van der Waals surface area contributed by atoms with Crippen molar-refractivity contribution in [1.29, 1.82) is 0 Å². The van der Waals surface area contributed by atoms with Crippen LogP contribution in [0.25, 0.3) is 0 Å². The largest absolute Gasteiger partial charge is 0.493 e. The van der Waals surface area contributed by atoms with Crippen molar-refractivity contribution < 1.29 is 9.13 Å². The molecular weight excluding hydrogens is 333 g/mol. The predicted molar refractivity (Wildman–Crippen MR) is 85.1 cm³/mol. The van der Waals surface area contributed by atoms with E-state index in [-0.39, 0.29) is 17.8 Å². The summed E-state index contributed by atoms with van der Waals surface area (Å²) in [6.45, 7) is 0.680. The molecule has 1 aliphatic heterocycles. The van der Waals surface area contributed by atoms with Gasteiger partial charge in [-0.25, -0.2) is 4.39 Å². The van der Waals surface area contributed by atoms with E-state index in [1.54, 1.807) is 12.1 Å². The van der Waals surface area contributed by atoms with Crippen LogP contribution in [0.1, 0.15) is 23.5 Å². The Morgan fingerprint density at radius 3 is 2.95 bits per heavy atom. The van der Waals surface area contributed by atoms with Crippen LogP contribution in [-0.2, 0) is 6.42 Å². The van der Waals surface area contributed by atoms with E-state index in [0.29, 0.717) is 13.0 Å². The molecule has 110 valence electrons. The third kappa shape index (κ3) is 3.11. The fourth-order valence-electron chi connectivity index (χ4n) is 2.91. The SMILES string of the molecule is NC(Cc1cc(F)ccc1Br)C1CCOc2ccccc21. The van der Waals surface area contributed by atoms with E-state index in [0.717, 1.165) is 27.8 Å². The van der Waals surface area contributed by atoms with Crippen LogP contribution in [-0.4, -0.2) is 12.6 Å². The molecule has 0 aromatic heterocycles. The van der Waals surface area contributed by atoms with E-state index in [2.05, 4.69) is 22.0 Å². The Hall–Kier alpha value is -1.39. The van der Waals surface area contributed by atoms with Crippen LogP contribution in [0.2, 0.25) is 0 Å². The third-order valence-corrected chi connectivity index (χ3v) is 4.76. The first-order chi connectivity index (χ1) is 10.1. The van der Waals surface area contributed by atoms with Gasteiger partial charge < -0.3 is 10.5 Å². The van der Waals surface area contributed by atoms with Gasteiger partial charge in [0, 0.05) is 16.4 Å². The van der Waals surface area contributed by atoms with Gasteiger partial charge in [0.1, 0.15) is 11.6 Å². The van der Waals surface area contributed by atoms with Gasteiger partial charge in [0.2, 0.25) is 0 Å². The smallest absolute Gasteiger partial charge is 0.123 e. The maximum Gasteiger partial charge on any atom is 0.123 e. The highest BCUT2D eigenvalue weighted by molar-refractivity contribution is 9.10. The molecule has 1 heterocycles. The molecule has 2 unspecified atom stereocenters. The van der Waals surface area contributed by atoms with Gasteiger partial charge in [-0.1, -0.05) is 34.1 Å². The third-order valence-electron chi connectivity index (χ3n) is 3.99. The Kier molecular flexibility index (Phi) is 4.27. The van der Waals surface area contributed by atoms with E-state index in [4.69, 9.17) is 10.5 Å². The van der Waals surface area contributed by atoms with Gasteiger partial charge in [-0.3, -0.25) is 0 Å². The Morgan fingerprint density at radius 2 is 2.10 bits per heavy atom. The average molecular weight is 350 g/mol. The molecule has 0 saturated carbocycles. The predicted octanol–water partition coefficient (Wildman–Crippen LogP) is 4.02. The second-order valence-electron chi connectivity index (χ2n) is 5.39. The molecule has 0 radical (unpaired) electrons. The minimum Gasteiger partial charge on any atom is -0.493 e. The van der Waals surface area contributed by atoms with Crippen molar-refractivity contribution in [2.24, 2.45) is 5.73 Å². The molecule has 2 N–H and O–H groups in total. The molecule has 2 nitrogen and oxygen atoms in total. The fraction of sp³-hybridized carbons (Fsp3) is 0.294. The van der Waals surface area contributed by atoms with E-state index in [1.165, 1.54) is 6.07 Å². The lowest BCUT2D eigenvalue weighted by atomic mass is 9.84. The molecule has 0 fully saturated rings. The van der Waals surface area contributed by atoms with Crippen molar-refractivity contribution in [2.45, 2.75) is 24.8 Å². The molecule has 0 amide bonds. The van der Waals surface area contributed by atoms with Crippen molar-refractivity contribution in [3.63, 3.8) is 0 Å². The second-order valence-corrected chi connectivity index (χ2v) is 6.24. The number of rotatable bonds is 3. The first-order valence-electron chi connectivity index (χ1n) is 7.06. The Labute approximate surface area is 132 Å². The summed E-state index contributed by atoms with van der Waals surface area (Å²) in [5.41, 5.74) is 8.48. The van der Waals surface area contributed by atoms with Gasteiger partial charge in [-0.05, 0) is 48.2 Å². The maximum absolute atomic E-state index is 13.4. The number of hydrogen-bond acceptors (Lipinski definition) is 2. The summed E-state index contributed by atoms with van der Waals surface area (Å²) in [6, 6.07) is 12.7. The molecule has 4 heteroatoms. The van der Waals surface area contributed by atoms with Gasteiger partial charge >= 0.3 is 0 Å². The highest BCUT2D eigenvalue weighted by Crippen LogP contribution is 2.36. The molecule has 2 aromatic rings. The molecule has 0 aliphatic carbocycles. The summed E-state index contributed by atoms with van der Waals surface area (Å²) in [5, 5.41) is 0. The van der Waals surface area contributed by atoms with Crippen molar-refractivity contribution in [2.75, 3.05) is 6.61 Å². The minimum absolute atomic E-state index is 0.0619. The van der Waals surface area contributed by atoms with E-state index < -0.39 is 0 Å². The summed E-state index contributed by atoms with van der Waals surface area (Å²) in [6.07, 6.45) is 1.53. The van der Waals surface area contributed by atoms with Crippen LogP contribution >= 0.6 is 15.9 Å². The zero-order valence-corrected chi connectivity index (χ0v) is 13.1. The van der Waals surface area contributed by atoms with E-state index >= 15 is 0 Å². The highest BCUT2D eigenvalue weighted by atomic mass is 79.9. The van der Waals surface area contributed by atoms with Crippen LogP contribution in [0, 0.1) is 5.82 Å². The highest BCUT2D eigenvalue weighted by Gasteiger charge is 2.27. The zero-order valence-electron chi connectivity index (χ0n) is 11.6.